The van der Waals surface area contributed by atoms with Crippen molar-refractivity contribution in [1.29, 1.82) is 0 Å². The summed E-state index contributed by atoms with van der Waals surface area (Å²) in [5.74, 6) is 0. The first-order chi connectivity index (χ1) is 7.18. The van der Waals surface area contributed by atoms with Crippen molar-refractivity contribution in [2.24, 2.45) is 0 Å². The molecule has 0 spiro atoms. The number of piperidine rings is 1. The van der Waals surface area contributed by atoms with Gasteiger partial charge in [0, 0.05) is 5.56 Å². The van der Waals surface area contributed by atoms with Crippen molar-refractivity contribution in [2.45, 2.75) is 25.5 Å². The molecule has 0 radical (unpaired) electrons. The standard InChI is InChI=1S/C13H20NO.ClH/c1-14(9-5-8-13(15)11-14)10-12-6-3-2-4-7-12;/h2-4,6-7,13,15H,5,8-11H2,1H3;1H/q+1;/p-1. The maximum atomic E-state index is 9.71. The lowest BCUT2D eigenvalue weighted by molar-refractivity contribution is -0.930. The summed E-state index contributed by atoms with van der Waals surface area (Å²) in [4.78, 5) is 0. The fourth-order valence-electron chi connectivity index (χ4n) is 2.57. The lowest BCUT2D eigenvalue weighted by atomic mass is 10.0. The molecule has 0 saturated carbocycles. The van der Waals surface area contributed by atoms with Crippen LogP contribution in [0.4, 0.5) is 0 Å². The molecule has 0 aliphatic carbocycles. The summed E-state index contributed by atoms with van der Waals surface area (Å²) < 4.78 is 0.977. The zero-order chi connectivity index (χ0) is 10.7. The first-order valence-electron chi connectivity index (χ1n) is 5.73. The Balaban J connectivity index is 0.00000128. The van der Waals surface area contributed by atoms with E-state index in [0.717, 1.165) is 30.4 Å². The summed E-state index contributed by atoms with van der Waals surface area (Å²) in [6.45, 7) is 3.12. The lowest BCUT2D eigenvalue weighted by Crippen LogP contribution is -3.00. The number of quaternary nitrogens is 1. The Labute approximate surface area is 104 Å². The minimum absolute atomic E-state index is 0. The Morgan fingerprint density at radius 2 is 2.00 bits per heavy atom. The van der Waals surface area contributed by atoms with Crippen LogP contribution in [0, 0.1) is 0 Å². The molecule has 2 nitrogen and oxygen atoms in total. The molecule has 0 aromatic heterocycles. The summed E-state index contributed by atoms with van der Waals surface area (Å²) in [5.41, 5.74) is 1.37. The number of likely N-dealkylation sites (tertiary alicyclic amines) is 1. The van der Waals surface area contributed by atoms with Gasteiger partial charge in [0.2, 0.25) is 0 Å². The molecule has 0 bridgehead atoms. The average molecular weight is 242 g/mol. The number of likely N-dealkylation sites (N-methyl/N-ethyl adjacent to an activating group) is 1. The minimum atomic E-state index is -0.104. The number of hydrogen-bond donors (Lipinski definition) is 1. The molecule has 0 amide bonds. The fourth-order valence-corrected chi connectivity index (χ4v) is 2.57. The fraction of sp³-hybridized carbons (Fsp3) is 0.538. The van der Waals surface area contributed by atoms with Crippen molar-refractivity contribution < 1.29 is 22.0 Å². The molecule has 1 saturated heterocycles. The van der Waals surface area contributed by atoms with Gasteiger partial charge in [-0.15, -0.1) is 0 Å². The topological polar surface area (TPSA) is 20.2 Å². The quantitative estimate of drug-likeness (QED) is 0.645. The summed E-state index contributed by atoms with van der Waals surface area (Å²) in [5, 5.41) is 9.71. The predicted molar refractivity (Wildman–Crippen MR) is 61.3 cm³/mol. The van der Waals surface area contributed by atoms with E-state index in [4.69, 9.17) is 0 Å². The Morgan fingerprint density at radius 1 is 1.31 bits per heavy atom. The van der Waals surface area contributed by atoms with Gasteiger partial charge in [-0.3, -0.25) is 0 Å². The van der Waals surface area contributed by atoms with Crippen molar-refractivity contribution in [2.75, 3.05) is 20.1 Å². The average Bonchev–Trinajstić information content (AvgIpc) is 2.18. The van der Waals surface area contributed by atoms with Gasteiger partial charge in [0.05, 0.1) is 13.6 Å². The number of benzene rings is 1. The number of aliphatic hydroxyl groups excluding tert-OH is 1. The third kappa shape index (κ3) is 3.48. The van der Waals surface area contributed by atoms with Crippen molar-refractivity contribution in [3.05, 3.63) is 35.9 Å². The molecular weight excluding hydrogens is 222 g/mol. The molecule has 2 unspecified atom stereocenters. The second-order valence-electron chi connectivity index (χ2n) is 4.97. The number of rotatable bonds is 2. The van der Waals surface area contributed by atoms with Crippen LogP contribution in [0.2, 0.25) is 0 Å². The maximum Gasteiger partial charge on any atom is 0.105 e. The van der Waals surface area contributed by atoms with Gasteiger partial charge < -0.3 is 22.0 Å². The Hall–Kier alpha value is -0.570. The van der Waals surface area contributed by atoms with Crippen LogP contribution in [0.25, 0.3) is 0 Å². The second kappa shape index (κ2) is 5.67. The van der Waals surface area contributed by atoms with E-state index in [1.54, 1.807) is 0 Å². The number of nitrogens with zero attached hydrogens (tertiary/aromatic N) is 1. The second-order valence-corrected chi connectivity index (χ2v) is 4.97. The molecule has 3 heteroatoms. The normalized spacial score (nSPS) is 29.5. The molecule has 2 atom stereocenters. The Bertz CT molecular complexity index is 317. The van der Waals surface area contributed by atoms with E-state index < -0.39 is 0 Å². The Kier molecular flexibility index (Phi) is 4.78. The number of aliphatic hydroxyl groups is 1. The summed E-state index contributed by atoms with van der Waals surface area (Å²) in [7, 11) is 2.25. The maximum absolute atomic E-state index is 9.71. The zero-order valence-electron chi connectivity index (χ0n) is 9.77. The summed E-state index contributed by atoms with van der Waals surface area (Å²) in [6, 6.07) is 10.6. The zero-order valence-corrected chi connectivity index (χ0v) is 10.5. The molecular formula is C13H20ClNO. The minimum Gasteiger partial charge on any atom is -1.00 e. The molecule has 1 N–H and O–H groups in total. The van der Waals surface area contributed by atoms with Gasteiger partial charge in [0.1, 0.15) is 19.2 Å². The third-order valence-electron chi connectivity index (χ3n) is 3.29. The SMILES string of the molecule is C[N+]1(Cc2ccccc2)CCCC(O)C1.[Cl-]. The predicted octanol–water partition coefficient (Wildman–Crippen LogP) is -1.21. The van der Waals surface area contributed by atoms with Gasteiger partial charge >= 0.3 is 0 Å². The van der Waals surface area contributed by atoms with E-state index in [9.17, 15) is 5.11 Å². The lowest BCUT2D eigenvalue weighted by Gasteiger charge is -2.39. The van der Waals surface area contributed by atoms with Gasteiger partial charge in [-0.1, -0.05) is 30.3 Å². The van der Waals surface area contributed by atoms with Crippen LogP contribution in [0.1, 0.15) is 18.4 Å². The van der Waals surface area contributed by atoms with Crippen molar-refractivity contribution >= 4 is 0 Å². The first-order valence-corrected chi connectivity index (χ1v) is 5.73. The molecule has 1 aromatic carbocycles. The number of hydrogen-bond acceptors (Lipinski definition) is 1. The highest BCUT2D eigenvalue weighted by atomic mass is 35.5. The van der Waals surface area contributed by atoms with E-state index >= 15 is 0 Å². The molecule has 1 aliphatic rings. The highest BCUT2D eigenvalue weighted by Gasteiger charge is 2.29. The van der Waals surface area contributed by atoms with E-state index in [2.05, 4.69) is 37.4 Å². The molecule has 16 heavy (non-hydrogen) atoms. The molecule has 1 aliphatic heterocycles. The van der Waals surface area contributed by atoms with Gasteiger partial charge in [0.15, 0.2) is 0 Å². The van der Waals surface area contributed by atoms with Crippen molar-refractivity contribution in [3.63, 3.8) is 0 Å². The van der Waals surface area contributed by atoms with Crippen LogP contribution in [0.5, 0.6) is 0 Å². The van der Waals surface area contributed by atoms with Crippen LogP contribution in [0.3, 0.4) is 0 Å². The van der Waals surface area contributed by atoms with E-state index in [0.29, 0.717) is 0 Å². The van der Waals surface area contributed by atoms with Gasteiger partial charge in [-0.2, -0.15) is 0 Å². The Morgan fingerprint density at radius 3 is 2.62 bits per heavy atom. The van der Waals surface area contributed by atoms with Crippen LogP contribution >= 0.6 is 0 Å². The van der Waals surface area contributed by atoms with Crippen LogP contribution in [0.15, 0.2) is 30.3 Å². The van der Waals surface area contributed by atoms with E-state index in [1.807, 2.05) is 0 Å². The highest BCUT2D eigenvalue weighted by molar-refractivity contribution is 5.13. The van der Waals surface area contributed by atoms with Crippen molar-refractivity contribution in [1.82, 2.24) is 0 Å². The van der Waals surface area contributed by atoms with E-state index in [-0.39, 0.29) is 18.5 Å². The monoisotopic (exact) mass is 241 g/mol. The van der Waals surface area contributed by atoms with E-state index in [1.165, 1.54) is 12.1 Å². The largest absolute Gasteiger partial charge is 1.00 e. The number of halogens is 1. The molecule has 1 fully saturated rings. The van der Waals surface area contributed by atoms with Gasteiger partial charge in [-0.05, 0) is 12.8 Å². The van der Waals surface area contributed by atoms with Crippen LogP contribution in [-0.4, -0.2) is 35.8 Å². The van der Waals surface area contributed by atoms with Gasteiger partial charge in [-0.25, -0.2) is 0 Å². The third-order valence-corrected chi connectivity index (χ3v) is 3.29. The van der Waals surface area contributed by atoms with Crippen LogP contribution < -0.4 is 12.4 Å². The highest BCUT2D eigenvalue weighted by Crippen LogP contribution is 2.20. The molecule has 90 valence electrons. The van der Waals surface area contributed by atoms with Gasteiger partial charge in [0.25, 0.3) is 0 Å². The molecule has 2 rings (SSSR count). The molecule has 1 heterocycles. The van der Waals surface area contributed by atoms with Crippen molar-refractivity contribution in [3.8, 4) is 0 Å². The molecule has 1 aromatic rings. The summed E-state index contributed by atoms with van der Waals surface area (Å²) in [6.07, 6.45) is 2.01. The van der Waals surface area contributed by atoms with Crippen LogP contribution in [-0.2, 0) is 6.54 Å². The summed E-state index contributed by atoms with van der Waals surface area (Å²) >= 11 is 0. The first kappa shape index (κ1) is 13.5. The smallest absolute Gasteiger partial charge is 0.105 e.